The van der Waals surface area contributed by atoms with Gasteiger partial charge in [0.1, 0.15) is 12.4 Å². The van der Waals surface area contributed by atoms with Crippen molar-refractivity contribution in [1.82, 2.24) is 5.32 Å². The van der Waals surface area contributed by atoms with Gasteiger partial charge < -0.3 is 19.2 Å². The first-order chi connectivity index (χ1) is 13.2. The van der Waals surface area contributed by atoms with Crippen molar-refractivity contribution in [3.63, 3.8) is 0 Å². The van der Waals surface area contributed by atoms with Gasteiger partial charge in [0.05, 0.1) is 19.4 Å². The summed E-state index contributed by atoms with van der Waals surface area (Å²) >= 11 is 3.65. The lowest BCUT2D eigenvalue weighted by Gasteiger charge is -2.16. The van der Waals surface area contributed by atoms with Crippen molar-refractivity contribution in [2.75, 3.05) is 6.61 Å². The zero-order valence-electron chi connectivity index (χ0n) is 15.6. The second kappa shape index (κ2) is 9.62. The van der Waals surface area contributed by atoms with Crippen LogP contribution in [0, 0.1) is 6.92 Å². The first-order valence-corrected chi connectivity index (χ1v) is 9.82. The summed E-state index contributed by atoms with van der Waals surface area (Å²) in [4.78, 5) is 0. The van der Waals surface area contributed by atoms with E-state index >= 15 is 0 Å². The third-order valence-electron chi connectivity index (χ3n) is 4.25. The minimum absolute atomic E-state index is 0.509. The Balaban J connectivity index is 1.70. The highest BCUT2D eigenvalue weighted by Crippen LogP contribution is 2.34. The molecule has 0 atom stereocenters. The van der Waals surface area contributed by atoms with Gasteiger partial charge in [0.15, 0.2) is 11.5 Å². The molecule has 2 aromatic carbocycles. The molecular weight excluding hydrogens is 406 g/mol. The first kappa shape index (κ1) is 19.5. The molecule has 0 spiro atoms. The molecule has 0 radical (unpaired) electrons. The summed E-state index contributed by atoms with van der Waals surface area (Å²) in [6.07, 6.45) is 1.68. The number of furan rings is 1. The average molecular weight is 430 g/mol. The monoisotopic (exact) mass is 429 g/mol. The molecule has 3 aromatic rings. The molecular formula is C22H24BrNO3. The normalized spacial score (nSPS) is 10.8. The Morgan fingerprint density at radius 2 is 1.78 bits per heavy atom. The molecule has 4 nitrogen and oxygen atoms in total. The van der Waals surface area contributed by atoms with E-state index in [9.17, 15) is 0 Å². The van der Waals surface area contributed by atoms with Gasteiger partial charge >= 0.3 is 0 Å². The fraction of sp³-hybridized carbons (Fsp3) is 0.273. The molecule has 0 unspecified atom stereocenters. The van der Waals surface area contributed by atoms with E-state index < -0.39 is 0 Å². The number of halogens is 1. The SMILES string of the molecule is CCOc1cc(CNCc2ccco2)c(Br)cc1OCc1ccccc1C. The van der Waals surface area contributed by atoms with E-state index in [1.54, 1.807) is 6.26 Å². The molecule has 0 bridgehead atoms. The quantitative estimate of drug-likeness (QED) is 0.479. The Labute approximate surface area is 168 Å². The van der Waals surface area contributed by atoms with Crippen LogP contribution in [-0.4, -0.2) is 6.61 Å². The minimum atomic E-state index is 0.509. The van der Waals surface area contributed by atoms with Gasteiger partial charge in [-0.05, 0) is 54.8 Å². The number of ether oxygens (including phenoxy) is 2. The van der Waals surface area contributed by atoms with Crippen molar-refractivity contribution in [1.29, 1.82) is 0 Å². The van der Waals surface area contributed by atoms with Crippen LogP contribution in [0.5, 0.6) is 11.5 Å². The highest BCUT2D eigenvalue weighted by molar-refractivity contribution is 9.10. The highest BCUT2D eigenvalue weighted by Gasteiger charge is 2.12. The maximum Gasteiger partial charge on any atom is 0.162 e. The number of benzene rings is 2. The largest absolute Gasteiger partial charge is 0.490 e. The van der Waals surface area contributed by atoms with E-state index in [2.05, 4.69) is 40.3 Å². The molecule has 5 heteroatoms. The number of rotatable bonds is 9. The van der Waals surface area contributed by atoms with E-state index in [4.69, 9.17) is 13.9 Å². The highest BCUT2D eigenvalue weighted by atomic mass is 79.9. The molecule has 1 heterocycles. The van der Waals surface area contributed by atoms with Crippen LogP contribution in [0.4, 0.5) is 0 Å². The standard InChI is InChI=1S/C22H24BrNO3/c1-3-25-21-11-18(13-24-14-19-9-6-10-26-19)20(23)12-22(21)27-15-17-8-5-4-7-16(17)2/h4-12,24H,3,13-15H2,1-2H3. The van der Waals surface area contributed by atoms with Crippen LogP contribution in [0.25, 0.3) is 0 Å². The zero-order valence-corrected chi connectivity index (χ0v) is 17.2. The Bertz CT molecular complexity index is 862. The Morgan fingerprint density at radius 3 is 2.52 bits per heavy atom. The van der Waals surface area contributed by atoms with E-state index in [-0.39, 0.29) is 0 Å². The van der Waals surface area contributed by atoms with E-state index in [1.807, 2.05) is 43.3 Å². The summed E-state index contributed by atoms with van der Waals surface area (Å²) in [6, 6.07) is 16.1. The molecule has 142 valence electrons. The van der Waals surface area contributed by atoms with Gasteiger partial charge in [-0.15, -0.1) is 0 Å². The predicted molar refractivity (Wildman–Crippen MR) is 110 cm³/mol. The number of nitrogens with one attached hydrogen (secondary N) is 1. The average Bonchev–Trinajstić information content (AvgIpc) is 3.17. The third kappa shape index (κ3) is 5.37. The lowest BCUT2D eigenvalue weighted by Crippen LogP contribution is -2.13. The molecule has 0 aliphatic rings. The second-order valence-corrected chi connectivity index (χ2v) is 7.08. The van der Waals surface area contributed by atoms with Crippen molar-refractivity contribution in [3.05, 3.63) is 81.7 Å². The van der Waals surface area contributed by atoms with Crippen LogP contribution in [0.3, 0.4) is 0 Å². The summed E-state index contributed by atoms with van der Waals surface area (Å²) in [6.45, 7) is 6.53. The molecule has 0 saturated carbocycles. The molecule has 0 saturated heterocycles. The first-order valence-electron chi connectivity index (χ1n) is 9.03. The lowest BCUT2D eigenvalue weighted by molar-refractivity contribution is 0.268. The van der Waals surface area contributed by atoms with Crippen molar-refractivity contribution in [3.8, 4) is 11.5 Å². The molecule has 3 rings (SSSR count). The van der Waals surface area contributed by atoms with Crippen LogP contribution in [0.1, 0.15) is 29.4 Å². The van der Waals surface area contributed by atoms with Gasteiger partial charge in [-0.1, -0.05) is 40.2 Å². The van der Waals surface area contributed by atoms with Crippen LogP contribution in [0.2, 0.25) is 0 Å². The van der Waals surface area contributed by atoms with Crippen molar-refractivity contribution < 1.29 is 13.9 Å². The zero-order chi connectivity index (χ0) is 19.1. The van der Waals surface area contributed by atoms with Gasteiger partial charge in [0, 0.05) is 11.0 Å². The summed E-state index contributed by atoms with van der Waals surface area (Å²) in [7, 11) is 0. The van der Waals surface area contributed by atoms with Gasteiger partial charge in [0.25, 0.3) is 0 Å². The minimum Gasteiger partial charge on any atom is -0.490 e. The summed E-state index contributed by atoms with van der Waals surface area (Å²) in [5.74, 6) is 2.40. The van der Waals surface area contributed by atoms with Crippen molar-refractivity contribution >= 4 is 15.9 Å². The smallest absolute Gasteiger partial charge is 0.162 e. The molecule has 0 aliphatic carbocycles. The molecule has 27 heavy (non-hydrogen) atoms. The number of hydrogen-bond acceptors (Lipinski definition) is 4. The third-order valence-corrected chi connectivity index (χ3v) is 4.99. The Hall–Kier alpha value is -2.24. The van der Waals surface area contributed by atoms with Crippen molar-refractivity contribution in [2.45, 2.75) is 33.5 Å². The Kier molecular flexibility index (Phi) is 6.96. The van der Waals surface area contributed by atoms with Crippen LogP contribution >= 0.6 is 15.9 Å². The second-order valence-electron chi connectivity index (χ2n) is 6.22. The van der Waals surface area contributed by atoms with E-state index in [0.717, 1.165) is 27.3 Å². The molecule has 0 aliphatic heterocycles. The topological polar surface area (TPSA) is 43.6 Å². The molecule has 0 fully saturated rings. The van der Waals surface area contributed by atoms with E-state index in [0.29, 0.717) is 26.3 Å². The molecule has 0 amide bonds. The fourth-order valence-corrected chi connectivity index (χ4v) is 3.22. The van der Waals surface area contributed by atoms with Gasteiger partial charge in [-0.3, -0.25) is 0 Å². The molecule has 1 N–H and O–H groups in total. The summed E-state index contributed by atoms with van der Waals surface area (Å²) in [5, 5.41) is 3.38. The number of hydrogen-bond donors (Lipinski definition) is 1. The Morgan fingerprint density at radius 1 is 0.963 bits per heavy atom. The fourth-order valence-electron chi connectivity index (χ4n) is 2.75. The van der Waals surface area contributed by atoms with Gasteiger partial charge in [-0.25, -0.2) is 0 Å². The molecule has 1 aromatic heterocycles. The van der Waals surface area contributed by atoms with E-state index in [1.165, 1.54) is 11.1 Å². The lowest BCUT2D eigenvalue weighted by atomic mass is 10.1. The van der Waals surface area contributed by atoms with Crippen LogP contribution < -0.4 is 14.8 Å². The maximum atomic E-state index is 6.07. The maximum absolute atomic E-state index is 6.07. The van der Waals surface area contributed by atoms with Crippen LogP contribution in [-0.2, 0) is 19.7 Å². The van der Waals surface area contributed by atoms with Crippen LogP contribution in [0.15, 0.2) is 63.7 Å². The van der Waals surface area contributed by atoms with Crippen molar-refractivity contribution in [2.24, 2.45) is 0 Å². The van der Waals surface area contributed by atoms with Gasteiger partial charge in [-0.2, -0.15) is 0 Å². The number of aryl methyl sites for hydroxylation is 1. The van der Waals surface area contributed by atoms with Gasteiger partial charge in [0.2, 0.25) is 0 Å². The predicted octanol–water partition coefficient (Wildman–Crippen LogP) is 5.62. The summed E-state index contributed by atoms with van der Waals surface area (Å²) < 4.78 is 18.2. The summed E-state index contributed by atoms with van der Waals surface area (Å²) in [5.41, 5.74) is 3.49.